The number of rotatable bonds is 4. The molecule has 1 aromatic carbocycles. The standard InChI is InChI=1S/C12H14N4OS/c1-2-9(8-6-4-3-5-7-8)10(17)14-12-16-15-11(13)18-12/h3-7,9H,2H2,1H3,(H2,13,15)(H,14,16,17). The summed E-state index contributed by atoms with van der Waals surface area (Å²) >= 11 is 1.16. The van der Waals surface area contributed by atoms with Crippen LogP contribution in [0.1, 0.15) is 24.8 Å². The second-order valence-corrected chi connectivity index (χ2v) is 4.82. The van der Waals surface area contributed by atoms with E-state index in [0.29, 0.717) is 10.3 Å². The van der Waals surface area contributed by atoms with Gasteiger partial charge in [0.15, 0.2) is 0 Å². The highest BCUT2D eigenvalue weighted by molar-refractivity contribution is 7.18. The number of nitrogens with zero attached hydrogens (tertiary/aromatic N) is 2. The number of carbonyl (C=O) groups excluding carboxylic acids is 1. The smallest absolute Gasteiger partial charge is 0.233 e. The molecule has 6 heteroatoms. The average molecular weight is 262 g/mol. The van der Waals surface area contributed by atoms with Crippen molar-refractivity contribution < 1.29 is 4.79 Å². The highest BCUT2D eigenvalue weighted by atomic mass is 32.1. The molecule has 2 rings (SSSR count). The molecule has 0 aliphatic carbocycles. The molecule has 1 amide bonds. The molecule has 0 spiro atoms. The van der Waals surface area contributed by atoms with E-state index < -0.39 is 0 Å². The summed E-state index contributed by atoms with van der Waals surface area (Å²) in [4.78, 5) is 12.1. The number of amides is 1. The van der Waals surface area contributed by atoms with Crippen LogP contribution < -0.4 is 11.1 Å². The Morgan fingerprint density at radius 3 is 2.67 bits per heavy atom. The molecule has 0 saturated carbocycles. The molecule has 0 aliphatic rings. The molecule has 5 nitrogen and oxygen atoms in total. The van der Waals surface area contributed by atoms with Gasteiger partial charge in [-0.2, -0.15) is 0 Å². The number of nitrogen functional groups attached to an aromatic ring is 1. The molecule has 0 radical (unpaired) electrons. The summed E-state index contributed by atoms with van der Waals surface area (Å²) in [6.07, 6.45) is 0.726. The van der Waals surface area contributed by atoms with E-state index in [1.807, 2.05) is 37.3 Å². The Balaban J connectivity index is 2.11. The maximum Gasteiger partial charge on any atom is 0.233 e. The van der Waals surface area contributed by atoms with Crippen LogP contribution in [0.4, 0.5) is 10.3 Å². The van der Waals surface area contributed by atoms with Crippen molar-refractivity contribution in [3.63, 3.8) is 0 Å². The molecule has 2 aromatic rings. The van der Waals surface area contributed by atoms with Gasteiger partial charge in [0.1, 0.15) is 0 Å². The first-order valence-corrected chi connectivity index (χ1v) is 6.47. The summed E-state index contributed by atoms with van der Waals surface area (Å²) in [6, 6.07) is 9.67. The molecular formula is C12H14N4OS. The van der Waals surface area contributed by atoms with Crippen molar-refractivity contribution in [1.29, 1.82) is 0 Å². The summed E-state index contributed by atoms with van der Waals surface area (Å²) in [5.41, 5.74) is 6.46. The van der Waals surface area contributed by atoms with Crippen LogP contribution in [0.3, 0.4) is 0 Å². The predicted molar refractivity (Wildman–Crippen MR) is 72.4 cm³/mol. The number of hydrogen-bond donors (Lipinski definition) is 2. The van der Waals surface area contributed by atoms with Gasteiger partial charge in [0.05, 0.1) is 5.92 Å². The van der Waals surface area contributed by atoms with Crippen molar-refractivity contribution in [1.82, 2.24) is 10.2 Å². The van der Waals surface area contributed by atoms with E-state index in [0.717, 1.165) is 23.3 Å². The average Bonchev–Trinajstić information content (AvgIpc) is 2.77. The summed E-state index contributed by atoms with van der Waals surface area (Å²) in [6.45, 7) is 1.98. The van der Waals surface area contributed by atoms with Gasteiger partial charge >= 0.3 is 0 Å². The molecule has 1 unspecified atom stereocenters. The molecule has 18 heavy (non-hydrogen) atoms. The van der Waals surface area contributed by atoms with Crippen molar-refractivity contribution in [2.24, 2.45) is 0 Å². The van der Waals surface area contributed by atoms with Crippen LogP contribution in [0.15, 0.2) is 30.3 Å². The van der Waals surface area contributed by atoms with Crippen molar-refractivity contribution in [2.45, 2.75) is 19.3 Å². The van der Waals surface area contributed by atoms with E-state index in [4.69, 9.17) is 5.73 Å². The summed E-state index contributed by atoms with van der Waals surface area (Å²) in [7, 11) is 0. The molecule has 0 fully saturated rings. The molecule has 1 atom stereocenters. The van der Waals surface area contributed by atoms with E-state index in [1.165, 1.54) is 0 Å². The molecule has 0 aliphatic heterocycles. The van der Waals surface area contributed by atoms with E-state index >= 15 is 0 Å². The lowest BCUT2D eigenvalue weighted by Gasteiger charge is -2.13. The van der Waals surface area contributed by atoms with Gasteiger partial charge in [0, 0.05) is 0 Å². The fraction of sp³-hybridized carbons (Fsp3) is 0.250. The minimum absolute atomic E-state index is 0.0835. The molecular weight excluding hydrogens is 248 g/mol. The maximum absolute atomic E-state index is 12.1. The van der Waals surface area contributed by atoms with Gasteiger partial charge in [-0.05, 0) is 12.0 Å². The molecule has 1 aromatic heterocycles. The Bertz CT molecular complexity index is 526. The minimum atomic E-state index is -0.184. The number of anilines is 2. The largest absolute Gasteiger partial charge is 0.374 e. The normalized spacial score (nSPS) is 12.1. The Morgan fingerprint density at radius 2 is 2.11 bits per heavy atom. The third-order valence-corrected chi connectivity index (χ3v) is 3.27. The second-order valence-electron chi connectivity index (χ2n) is 3.81. The zero-order chi connectivity index (χ0) is 13.0. The first-order valence-electron chi connectivity index (χ1n) is 5.65. The maximum atomic E-state index is 12.1. The van der Waals surface area contributed by atoms with Crippen molar-refractivity contribution in [2.75, 3.05) is 11.1 Å². The lowest BCUT2D eigenvalue weighted by Crippen LogP contribution is -2.20. The summed E-state index contributed by atoms with van der Waals surface area (Å²) in [5.74, 6) is -0.267. The second kappa shape index (κ2) is 5.59. The molecule has 3 N–H and O–H groups in total. The van der Waals surface area contributed by atoms with E-state index in [2.05, 4.69) is 15.5 Å². The summed E-state index contributed by atoms with van der Waals surface area (Å²) < 4.78 is 0. The van der Waals surface area contributed by atoms with Crippen molar-refractivity contribution in [3.8, 4) is 0 Å². The number of carbonyl (C=O) groups is 1. The topological polar surface area (TPSA) is 80.9 Å². The first kappa shape index (κ1) is 12.5. The Morgan fingerprint density at radius 1 is 1.39 bits per heavy atom. The third kappa shape index (κ3) is 2.84. The fourth-order valence-electron chi connectivity index (χ4n) is 1.74. The van der Waals surface area contributed by atoms with Gasteiger partial charge in [-0.25, -0.2) is 0 Å². The first-order chi connectivity index (χ1) is 8.70. The van der Waals surface area contributed by atoms with E-state index in [-0.39, 0.29) is 11.8 Å². The van der Waals surface area contributed by atoms with Crippen LogP contribution in [-0.4, -0.2) is 16.1 Å². The van der Waals surface area contributed by atoms with E-state index in [1.54, 1.807) is 0 Å². The van der Waals surface area contributed by atoms with Gasteiger partial charge in [-0.15, -0.1) is 10.2 Å². The monoisotopic (exact) mass is 262 g/mol. The van der Waals surface area contributed by atoms with Crippen molar-refractivity contribution >= 4 is 27.5 Å². The highest BCUT2D eigenvalue weighted by Gasteiger charge is 2.19. The summed E-state index contributed by atoms with van der Waals surface area (Å²) in [5, 5.41) is 11.0. The zero-order valence-electron chi connectivity index (χ0n) is 9.96. The predicted octanol–water partition coefficient (Wildman–Crippen LogP) is 2.25. The van der Waals surface area contributed by atoms with Gasteiger partial charge < -0.3 is 5.73 Å². The number of aromatic nitrogens is 2. The van der Waals surface area contributed by atoms with Crippen LogP contribution in [0.2, 0.25) is 0 Å². The number of benzene rings is 1. The fourth-order valence-corrected chi connectivity index (χ4v) is 2.25. The van der Waals surface area contributed by atoms with Crippen LogP contribution in [0.25, 0.3) is 0 Å². The Kier molecular flexibility index (Phi) is 3.88. The van der Waals surface area contributed by atoms with Crippen LogP contribution in [0, 0.1) is 0 Å². The van der Waals surface area contributed by atoms with Gasteiger partial charge in [-0.1, -0.05) is 48.6 Å². The lowest BCUT2D eigenvalue weighted by atomic mass is 9.96. The van der Waals surface area contributed by atoms with Gasteiger partial charge in [-0.3, -0.25) is 10.1 Å². The molecule has 94 valence electrons. The van der Waals surface area contributed by atoms with Crippen LogP contribution in [0.5, 0.6) is 0 Å². The third-order valence-electron chi connectivity index (χ3n) is 2.60. The molecule has 1 heterocycles. The minimum Gasteiger partial charge on any atom is -0.374 e. The quantitative estimate of drug-likeness (QED) is 0.885. The van der Waals surface area contributed by atoms with E-state index in [9.17, 15) is 4.79 Å². The Hall–Kier alpha value is -1.95. The van der Waals surface area contributed by atoms with Crippen LogP contribution in [-0.2, 0) is 4.79 Å². The number of hydrogen-bond acceptors (Lipinski definition) is 5. The SMILES string of the molecule is CCC(C(=O)Nc1nnc(N)s1)c1ccccc1. The van der Waals surface area contributed by atoms with Crippen molar-refractivity contribution in [3.05, 3.63) is 35.9 Å². The number of nitrogens with one attached hydrogen (secondary N) is 1. The van der Waals surface area contributed by atoms with Gasteiger partial charge in [0.25, 0.3) is 0 Å². The number of nitrogens with two attached hydrogens (primary N) is 1. The zero-order valence-corrected chi connectivity index (χ0v) is 10.8. The Labute approximate surface area is 109 Å². The molecule has 0 saturated heterocycles. The molecule has 0 bridgehead atoms. The lowest BCUT2D eigenvalue weighted by molar-refractivity contribution is -0.117. The highest BCUT2D eigenvalue weighted by Crippen LogP contribution is 2.23. The van der Waals surface area contributed by atoms with Gasteiger partial charge in [0.2, 0.25) is 16.2 Å². The van der Waals surface area contributed by atoms with Crippen LogP contribution >= 0.6 is 11.3 Å².